The molecule has 1 rings (SSSR count). The summed E-state index contributed by atoms with van der Waals surface area (Å²) in [7, 11) is 0. The van der Waals surface area contributed by atoms with Crippen LogP contribution in [0.1, 0.15) is 70.4 Å². The van der Waals surface area contributed by atoms with Crippen LogP contribution in [0.4, 0.5) is 0 Å². The Bertz CT molecular complexity index is 320. The van der Waals surface area contributed by atoms with E-state index in [2.05, 4.69) is 28.6 Å². The van der Waals surface area contributed by atoms with Crippen LogP contribution in [0.3, 0.4) is 0 Å². The second kappa shape index (κ2) is 9.09. The van der Waals surface area contributed by atoms with E-state index in [1.807, 2.05) is 0 Å². The molecule has 0 atom stereocenters. The van der Waals surface area contributed by atoms with Crippen molar-refractivity contribution in [3.05, 3.63) is 11.6 Å². The van der Waals surface area contributed by atoms with Crippen LogP contribution in [0, 0.1) is 0 Å². The molecule has 0 aliphatic carbocycles. The summed E-state index contributed by atoms with van der Waals surface area (Å²) in [5.74, 6) is 2.05. The Morgan fingerprint density at radius 2 is 1.56 bits per heavy atom. The summed E-state index contributed by atoms with van der Waals surface area (Å²) in [4.78, 5) is 0. The van der Waals surface area contributed by atoms with Gasteiger partial charge in [0.05, 0.1) is 6.54 Å². The summed E-state index contributed by atoms with van der Waals surface area (Å²) in [5, 5.41) is 8.44. The third-order valence-corrected chi connectivity index (χ3v) is 3.29. The van der Waals surface area contributed by atoms with Gasteiger partial charge >= 0.3 is 0 Å². The quantitative estimate of drug-likeness (QED) is 0.651. The predicted octanol–water partition coefficient (Wildman–Crippen LogP) is 3.05. The minimum Gasteiger partial charge on any atom is -0.324 e. The van der Waals surface area contributed by atoms with Crippen LogP contribution in [0.5, 0.6) is 0 Å². The van der Waals surface area contributed by atoms with Gasteiger partial charge in [-0.3, -0.25) is 0 Å². The lowest BCUT2D eigenvalue weighted by Crippen LogP contribution is -2.11. The average Bonchev–Trinajstić information content (AvgIpc) is 2.77. The van der Waals surface area contributed by atoms with Gasteiger partial charge in [-0.25, -0.2) is 0 Å². The van der Waals surface area contributed by atoms with Crippen molar-refractivity contribution in [2.75, 3.05) is 0 Å². The minimum atomic E-state index is 0.490. The van der Waals surface area contributed by atoms with Crippen molar-refractivity contribution in [3.8, 4) is 0 Å². The summed E-state index contributed by atoms with van der Waals surface area (Å²) in [5.41, 5.74) is 5.68. The minimum absolute atomic E-state index is 0.490. The highest BCUT2D eigenvalue weighted by Gasteiger charge is 2.09. The van der Waals surface area contributed by atoms with E-state index in [1.54, 1.807) is 0 Å². The zero-order valence-corrected chi connectivity index (χ0v) is 12.0. The molecule has 0 bridgehead atoms. The van der Waals surface area contributed by atoms with Crippen LogP contribution in [-0.2, 0) is 19.5 Å². The number of hydrogen-bond donors (Lipinski definition) is 1. The van der Waals surface area contributed by atoms with Crippen molar-refractivity contribution in [1.82, 2.24) is 14.8 Å². The summed E-state index contributed by atoms with van der Waals surface area (Å²) in [6.45, 7) is 5.91. The normalized spacial score (nSPS) is 11.1. The van der Waals surface area contributed by atoms with Gasteiger partial charge in [-0.2, -0.15) is 0 Å². The molecule has 104 valence electrons. The van der Waals surface area contributed by atoms with Crippen molar-refractivity contribution < 1.29 is 0 Å². The zero-order valence-electron chi connectivity index (χ0n) is 12.0. The Balaban J connectivity index is 2.34. The van der Waals surface area contributed by atoms with Gasteiger partial charge in [0.2, 0.25) is 0 Å². The molecular weight excluding hydrogens is 224 g/mol. The standard InChI is InChI=1S/C14H28N4/c1-3-5-6-7-8-9-10-13-16-17-14(12-15)18(13)11-4-2/h3-12,15H2,1-2H3. The molecule has 0 fully saturated rings. The molecule has 0 saturated carbocycles. The van der Waals surface area contributed by atoms with Gasteiger partial charge < -0.3 is 10.3 Å². The molecular formula is C14H28N4. The van der Waals surface area contributed by atoms with Crippen molar-refractivity contribution in [2.24, 2.45) is 5.73 Å². The molecule has 0 radical (unpaired) electrons. The highest BCUT2D eigenvalue weighted by Crippen LogP contribution is 2.10. The molecule has 0 spiro atoms. The fourth-order valence-electron chi connectivity index (χ4n) is 2.25. The maximum atomic E-state index is 5.68. The molecule has 0 amide bonds. The van der Waals surface area contributed by atoms with E-state index >= 15 is 0 Å². The third kappa shape index (κ3) is 4.77. The predicted molar refractivity (Wildman–Crippen MR) is 75.3 cm³/mol. The van der Waals surface area contributed by atoms with Gasteiger partial charge in [0.25, 0.3) is 0 Å². The molecule has 2 N–H and O–H groups in total. The fourth-order valence-corrected chi connectivity index (χ4v) is 2.25. The number of nitrogens with zero attached hydrogens (tertiary/aromatic N) is 3. The SMILES string of the molecule is CCCCCCCCc1nnc(CN)n1CCC. The van der Waals surface area contributed by atoms with Gasteiger partial charge in [0.15, 0.2) is 0 Å². The highest BCUT2D eigenvalue weighted by atomic mass is 15.3. The highest BCUT2D eigenvalue weighted by molar-refractivity contribution is 4.95. The fraction of sp³-hybridized carbons (Fsp3) is 0.857. The molecule has 0 aliphatic rings. The molecule has 1 aromatic rings. The molecule has 1 heterocycles. The van der Waals surface area contributed by atoms with Crippen LogP contribution < -0.4 is 5.73 Å². The van der Waals surface area contributed by atoms with Crippen molar-refractivity contribution in [3.63, 3.8) is 0 Å². The summed E-state index contributed by atoms with van der Waals surface area (Å²) < 4.78 is 2.20. The van der Waals surface area contributed by atoms with E-state index in [0.717, 1.165) is 31.0 Å². The molecule has 1 aromatic heterocycles. The van der Waals surface area contributed by atoms with Crippen LogP contribution >= 0.6 is 0 Å². The van der Waals surface area contributed by atoms with Crippen LogP contribution in [0.2, 0.25) is 0 Å². The van der Waals surface area contributed by atoms with Gasteiger partial charge in [0.1, 0.15) is 11.6 Å². The van der Waals surface area contributed by atoms with Crippen molar-refractivity contribution in [1.29, 1.82) is 0 Å². The topological polar surface area (TPSA) is 56.7 Å². The lowest BCUT2D eigenvalue weighted by molar-refractivity contribution is 0.569. The average molecular weight is 252 g/mol. The number of unbranched alkanes of at least 4 members (excludes halogenated alkanes) is 5. The van der Waals surface area contributed by atoms with Crippen molar-refractivity contribution in [2.45, 2.75) is 78.3 Å². The van der Waals surface area contributed by atoms with Gasteiger partial charge in [-0.15, -0.1) is 10.2 Å². The summed E-state index contributed by atoms with van der Waals surface area (Å²) in [6.07, 6.45) is 10.1. The third-order valence-electron chi connectivity index (χ3n) is 3.29. The Hall–Kier alpha value is -0.900. The largest absolute Gasteiger partial charge is 0.324 e. The number of aromatic nitrogens is 3. The van der Waals surface area contributed by atoms with E-state index in [0.29, 0.717) is 6.54 Å². The van der Waals surface area contributed by atoms with Crippen LogP contribution in [-0.4, -0.2) is 14.8 Å². The summed E-state index contributed by atoms with van der Waals surface area (Å²) >= 11 is 0. The number of nitrogens with two attached hydrogens (primary N) is 1. The second-order valence-corrected chi connectivity index (χ2v) is 4.91. The molecule has 4 heteroatoms. The number of rotatable bonds is 10. The molecule has 0 saturated heterocycles. The second-order valence-electron chi connectivity index (χ2n) is 4.91. The van der Waals surface area contributed by atoms with Crippen LogP contribution in [0.25, 0.3) is 0 Å². The van der Waals surface area contributed by atoms with E-state index in [9.17, 15) is 0 Å². The number of aryl methyl sites for hydroxylation is 1. The first-order valence-electron chi connectivity index (χ1n) is 7.44. The zero-order chi connectivity index (χ0) is 13.2. The maximum absolute atomic E-state index is 5.68. The molecule has 4 nitrogen and oxygen atoms in total. The van der Waals surface area contributed by atoms with Gasteiger partial charge in [0, 0.05) is 13.0 Å². The van der Waals surface area contributed by atoms with E-state index in [1.165, 1.54) is 38.5 Å². The van der Waals surface area contributed by atoms with E-state index < -0.39 is 0 Å². The lowest BCUT2D eigenvalue weighted by Gasteiger charge is -2.07. The van der Waals surface area contributed by atoms with Crippen molar-refractivity contribution >= 4 is 0 Å². The van der Waals surface area contributed by atoms with Gasteiger partial charge in [-0.05, 0) is 12.8 Å². The molecule has 18 heavy (non-hydrogen) atoms. The Morgan fingerprint density at radius 1 is 0.889 bits per heavy atom. The monoisotopic (exact) mass is 252 g/mol. The van der Waals surface area contributed by atoms with E-state index in [-0.39, 0.29) is 0 Å². The Kier molecular flexibility index (Phi) is 7.65. The molecule has 0 unspecified atom stereocenters. The van der Waals surface area contributed by atoms with Crippen LogP contribution in [0.15, 0.2) is 0 Å². The smallest absolute Gasteiger partial charge is 0.146 e. The Labute approximate surface area is 111 Å². The van der Waals surface area contributed by atoms with E-state index in [4.69, 9.17) is 5.73 Å². The first kappa shape index (κ1) is 15.2. The first-order chi connectivity index (χ1) is 8.83. The number of hydrogen-bond acceptors (Lipinski definition) is 3. The maximum Gasteiger partial charge on any atom is 0.146 e. The molecule has 0 aromatic carbocycles. The first-order valence-corrected chi connectivity index (χ1v) is 7.44. The lowest BCUT2D eigenvalue weighted by atomic mass is 10.1. The summed E-state index contributed by atoms with van der Waals surface area (Å²) in [6, 6.07) is 0. The Morgan fingerprint density at radius 3 is 2.22 bits per heavy atom. The van der Waals surface area contributed by atoms with Gasteiger partial charge in [-0.1, -0.05) is 46.0 Å². The molecule has 0 aliphatic heterocycles.